The van der Waals surface area contributed by atoms with Crippen molar-refractivity contribution < 1.29 is 5.11 Å². The lowest BCUT2D eigenvalue weighted by molar-refractivity contribution is 0.271. The summed E-state index contributed by atoms with van der Waals surface area (Å²) >= 11 is 0. The highest BCUT2D eigenvalue weighted by molar-refractivity contribution is 5.09. The van der Waals surface area contributed by atoms with Gasteiger partial charge in [-0.3, -0.25) is 0 Å². The third-order valence-corrected chi connectivity index (χ3v) is 2.33. The molecule has 2 rings (SSSR count). The Balaban J connectivity index is 2.22. The zero-order chi connectivity index (χ0) is 9.97. The van der Waals surface area contributed by atoms with Crippen molar-refractivity contribution in [3.8, 4) is 0 Å². The molecule has 0 aromatic carbocycles. The number of aliphatic hydroxyl groups is 1. The van der Waals surface area contributed by atoms with Crippen LogP contribution in [0.1, 0.15) is 11.4 Å². The number of imidazole rings is 1. The van der Waals surface area contributed by atoms with Crippen LogP contribution >= 0.6 is 0 Å². The number of hydrogen-bond acceptors (Lipinski definition) is 2. The normalized spacial score (nSPS) is 10.7. The molecule has 2 heterocycles. The van der Waals surface area contributed by atoms with Gasteiger partial charge < -0.3 is 14.2 Å². The zero-order valence-corrected chi connectivity index (χ0v) is 8.09. The number of aliphatic hydroxyl groups excluding tert-OH is 1. The summed E-state index contributed by atoms with van der Waals surface area (Å²) < 4.78 is 3.98. The van der Waals surface area contributed by atoms with E-state index in [0.717, 1.165) is 17.9 Å². The van der Waals surface area contributed by atoms with E-state index in [-0.39, 0.29) is 6.61 Å². The maximum atomic E-state index is 9.06. The predicted molar refractivity (Wildman–Crippen MR) is 52.7 cm³/mol. The molecule has 0 aliphatic heterocycles. The van der Waals surface area contributed by atoms with E-state index in [2.05, 4.69) is 4.98 Å². The highest BCUT2D eigenvalue weighted by atomic mass is 16.3. The minimum Gasteiger partial charge on any atom is -0.390 e. The third-order valence-electron chi connectivity index (χ3n) is 2.33. The van der Waals surface area contributed by atoms with Crippen LogP contribution in [0.25, 0.3) is 0 Å². The second-order valence-electron chi connectivity index (χ2n) is 3.28. The molecular formula is C10H13N3O. The van der Waals surface area contributed by atoms with Gasteiger partial charge in [0.2, 0.25) is 0 Å². The lowest BCUT2D eigenvalue weighted by Crippen LogP contribution is -2.06. The monoisotopic (exact) mass is 191 g/mol. The lowest BCUT2D eigenvalue weighted by Gasteiger charge is -2.07. The molecule has 0 unspecified atom stereocenters. The molecule has 0 saturated carbocycles. The van der Waals surface area contributed by atoms with Gasteiger partial charge in [-0.1, -0.05) is 0 Å². The first-order valence-corrected chi connectivity index (χ1v) is 4.51. The maximum Gasteiger partial charge on any atom is 0.0946 e. The third kappa shape index (κ3) is 1.56. The Morgan fingerprint density at radius 3 is 2.93 bits per heavy atom. The van der Waals surface area contributed by atoms with Crippen LogP contribution in [0.5, 0.6) is 0 Å². The maximum absolute atomic E-state index is 9.06. The first-order valence-electron chi connectivity index (χ1n) is 4.51. The van der Waals surface area contributed by atoms with Crippen LogP contribution in [0.4, 0.5) is 0 Å². The van der Waals surface area contributed by atoms with E-state index in [9.17, 15) is 0 Å². The smallest absolute Gasteiger partial charge is 0.0946 e. The molecule has 0 aliphatic carbocycles. The zero-order valence-electron chi connectivity index (χ0n) is 8.09. The molecule has 4 nitrogen and oxygen atoms in total. The summed E-state index contributed by atoms with van der Waals surface area (Å²) in [5.41, 5.74) is 2.04. The fourth-order valence-corrected chi connectivity index (χ4v) is 1.46. The van der Waals surface area contributed by atoms with Crippen LogP contribution in [-0.4, -0.2) is 19.2 Å². The molecule has 2 aromatic heterocycles. The summed E-state index contributed by atoms with van der Waals surface area (Å²) in [7, 11) is 1.96. The van der Waals surface area contributed by atoms with Crippen molar-refractivity contribution in [3.63, 3.8) is 0 Å². The molecule has 2 aromatic rings. The van der Waals surface area contributed by atoms with Crippen molar-refractivity contribution in [2.24, 2.45) is 7.05 Å². The number of aryl methyl sites for hydroxylation is 1. The number of rotatable bonds is 3. The van der Waals surface area contributed by atoms with Crippen molar-refractivity contribution in [2.75, 3.05) is 0 Å². The van der Waals surface area contributed by atoms with E-state index < -0.39 is 0 Å². The summed E-state index contributed by atoms with van der Waals surface area (Å²) in [6.45, 7) is 0.824. The van der Waals surface area contributed by atoms with Gasteiger partial charge in [-0.2, -0.15) is 0 Å². The van der Waals surface area contributed by atoms with E-state index in [1.54, 1.807) is 6.33 Å². The van der Waals surface area contributed by atoms with Gasteiger partial charge in [-0.05, 0) is 12.1 Å². The average Bonchev–Trinajstić information content (AvgIpc) is 2.77. The molecule has 0 amide bonds. The van der Waals surface area contributed by atoms with Crippen molar-refractivity contribution in [1.82, 2.24) is 14.1 Å². The van der Waals surface area contributed by atoms with Gasteiger partial charge in [-0.25, -0.2) is 4.98 Å². The summed E-state index contributed by atoms with van der Waals surface area (Å²) in [6.07, 6.45) is 5.57. The fraction of sp³-hybridized carbons (Fsp3) is 0.300. The Labute approximate surface area is 82.4 Å². The van der Waals surface area contributed by atoms with Gasteiger partial charge >= 0.3 is 0 Å². The molecule has 4 heteroatoms. The topological polar surface area (TPSA) is 43.0 Å². The van der Waals surface area contributed by atoms with Crippen LogP contribution in [0.2, 0.25) is 0 Å². The van der Waals surface area contributed by atoms with E-state index in [4.69, 9.17) is 5.11 Å². The molecule has 0 fully saturated rings. The summed E-state index contributed by atoms with van der Waals surface area (Å²) in [5, 5.41) is 9.06. The van der Waals surface area contributed by atoms with Gasteiger partial charge in [-0.15, -0.1) is 0 Å². The standard InChI is InChI=1S/C10H13N3O/c1-12-8-11-5-10(12)6-13-4-2-3-9(13)7-14/h2-5,8,14H,6-7H2,1H3. The average molecular weight is 191 g/mol. The molecular weight excluding hydrogens is 178 g/mol. The van der Waals surface area contributed by atoms with Crippen LogP contribution in [0.15, 0.2) is 30.9 Å². The van der Waals surface area contributed by atoms with Gasteiger partial charge in [0.1, 0.15) is 0 Å². The lowest BCUT2D eigenvalue weighted by atomic mass is 10.4. The van der Waals surface area contributed by atoms with Crippen LogP contribution < -0.4 is 0 Å². The first-order chi connectivity index (χ1) is 6.81. The second-order valence-corrected chi connectivity index (χ2v) is 3.28. The highest BCUT2D eigenvalue weighted by Gasteiger charge is 2.02. The Morgan fingerprint density at radius 2 is 2.29 bits per heavy atom. The molecule has 0 spiro atoms. The van der Waals surface area contributed by atoms with Crippen molar-refractivity contribution in [3.05, 3.63) is 42.2 Å². The SMILES string of the molecule is Cn1cncc1Cn1cccc1CO. The summed E-state index contributed by atoms with van der Waals surface area (Å²) in [5.74, 6) is 0. The molecule has 74 valence electrons. The van der Waals surface area contributed by atoms with Crippen LogP contribution in [-0.2, 0) is 20.2 Å². The summed E-state index contributed by atoms with van der Waals surface area (Å²) in [4.78, 5) is 4.04. The number of aromatic nitrogens is 3. The molecule has 0 saturated heterocycles. The van der Waals surface area contributed by atoms with Gasteiger partial charge in [0.15, 0.2) is 0 Å². The molecule has 0 atom stereocenters. The first kappa shape index (κ1) is 9.02. The Hall–Kier alpha value is -1.55. The van der Waals surface area contributed by atoms with E-state index in [1.807, 2.05) is 40.7 Å². The second kappa shape index (κ2) is 3.67. The van der Waals surface area contributed by atoms with Gasteiger partial charge in [0.05, 0.1) is 25.2 Å². The minimum absolute atomic E-state index is 0.0743. The largest absolute Gasteiger partial charge is 0.390 e. The molecule has 1 N–H and O–H groups in total. The summed E-state index contributed by atoms with van der Waals surface area (Å²) in [6, 6.07) is 3.85. The minimum atomic E-state index is 0.0743. The molecule has 0 bridgehead atoms. The van der Waals surface area contributed by atoms with Gasteiger partial charge in [0, 0.05) is 25.1 Å². The fourth-order valence-electron chi connectivity index (χ4n) is 1.46. The van der Waals surface area contributed by atoms with E-state index in [1.165, 1.54) is 0 Å². The van der Waals surface area contributed by atoms with Crippen molar-refractivity contribution in [2.45, 2.75) is 13.2 Å². The molecule has 0 radical (unpaired) electrons. The predicted octanol–water partition coefficient (Wildman–Crippen LogP) is 0.762. The Kier molecular flexibility index (Phi) is 2.37. The Bertz CT molecular complexity index is 416. The van der Waals surface area contributed by atoms with Crippen molar-refractivity contribution >= 4 is 0 Å². The van der Waals surface area contributed by atoms with Crippen LogP contribution in [0, 0.1) is 0 Å². The van der Waals surface area contributed by atoms with Crippen LogP contribution in [0.3, 0.4) is 0 Å². The highest BCUT2D eigenvalue weighted by Crippen LogP contribution is 2.06. The number of nitrogens with zero attached hydrogens (tertiary/aromatic N) is 3. The van der Waals surface area contributed by atoms with E-state index in [0.29, 0.717) is 0 Å². The van der Waals surface area contributed by atoms with E-state index >= 15 is 0 Å². The number of hydrogen-bond donors (Lipinski definition) is 1. The molecule has 0 aliphatic rings. The van der Waals surface area contributed by atoms with Crippen molar-refractivity contribution in [1.29, 1.82) is 0 Å². The Morgan fingerprint density at radius 1 is 1.43 bits per heavy atom. The molecule has 14 heavy (non-hydrogen) atoms. The quantitative estimate of drug-likeness (QED) is 0.778. The van der Waals surface area contributed by atoms with Gasteiger partial charge in [0.25, 0.3) is 0 Å².